The first-order valence-corrected chi connectivity index (χ1v) is 10.1. The highest BCUT2D eigenvalue weighted by Crippen LogP contribution is 2.28. The summed E-state index contributed by atoms with van der Waals surface area (Å²) in [6, 6.07) is 13.5. The number of hydrogen-bond acceptors (Lipinski definition) is 4. The van der Waals surface area contributed by atoms with Gasteiger partial charge in [0, 0.05) is 42.9 Å². The number of rotatable bonds is 4. The number of piperidine rings is 1. The normalized spacial score (nSPS) is 16.5. The lowest BCUT2D eigenvalue weighted by Crippen LogP contribution is -2.40. The maximum Gasteiger partial charge on any atom is 0.274 e. The summed E-state index contributed by atoms with van der Waals surface area (Å²) in [5.74, 6) is -0.309. The van der Waals surface area contributed by atoms with E-state index in [1.807, 2.05) is 25.1 Å². The fourth-order valence-electron chi connectivity index (χ4n) is 3.97. The van der Waals surface area contributed by atoms with E-state index in [1.54, 1.807) is 17.0 Å². The lowest BCUT2D eigenvalue weighted by molar-refractivity contribution is 0.0698. The van der Waals surface area contributed by atoms with Gasteiger partial charge in [0.25, 0.3) is 11.5 Å². The van der Waals surface area contributed by atoms with Crippen molar-refractivity contribution in [3.05, 3.63) is 92.9 Å². The van der Waals surface area contributed by atoms with E-state index in [0.29, 0.717) is 25.1 Å². The molecule has 1 aromatic carbocycles. The SMILES string of the molecule is Cc1cc(Cc2ccccc2F)cc([C@@H]2CCCN(C(=O)c3ccc(=O)[nH]n3)C2)n1. The molecular formula is C23H23FN4O2. The van der Waals surface area contributed by atoms with Gasteiger partial charge in [-0.3, -0.25) is 14.6 Å². The number of hydrogen-bond donors (Lipinski definition) is 1. The lowest BCUT2D eigenvalue weighted by Gasteiger charge is -2.32. The summed E-state index contributed by atoms with van der Waals surface area (Å²) in [5, 5.41) is 6.16. The van der Waals surface area contributed by atoms with Gasteiger partial charge in [-0.15, -0.1) is 0 Å². The molecular weight excluding hydrogens is 383 g/mol. The number of aromatic amines is 1. The quantitative estimate of drug-likeness (QED) is 0.722. The van der Waals surface area contributed by atoms with Crippen molar-refractivity contribution in [3.63, 3.8) is 0 Å². The summed E-state index contributed by atoms with van der Waals surface area (Å²) < 4.78 is 14.1. The number of H-pyrrole nitrogens is 1. The number of aromatic nitrogens is 3. The highest BCUT2D eigenvalue weighted by Gasteiger charge is 2.27. The van der Waals surface area contributed by atoms with Crippen molar-refractivity contribution in [3.8, 4) is 0 Å². The monoisotopic (exact) mass is 406 g/mol. The lowest BCUT2D eigenvalue weighted by atomic mass is 9.92. The Labute approximate surface area is 173 Å². The Morgan fingerprint density at radius 1 is 1.23 bits per heavy atom. The maximum atomic E-state index is 14.1. The third-order valence-corrected chi connectivity index (χ3v) is 5.41. The molecule has 154 valence electrons. The number of aryl methyl sites for hydroxylation is 1. The summed E-state index contributed by atoms with van der Waals surface area (Å²) >= 11 is 0. The van der Waals surface area contributed by atoms with Crippen molar-refractivity contribution in [2.45, 2.75) is 32.1 Å². The van der Waals surface area contributed by atoms with Crippen molar-refractivity contribution >= 4 is 5.91 Å². The fraction of sp³-hybridized carbons (Fsp3) is 0.304. The van der Waals surface area contributed by atoms with Crippen LogP contribution >= 0.6 is 0 Å². The second-order valence-electron chi connectivity index (χ2n) is 7.71. The van der Waals surface area contributed by atoms with Gasteiger partial charge < -0.3 is 4.90 Å². The van der Waals surface area contributed by atoms with E-state index in [0.717, 1.165) is 29.8 Å². The van der Waals surface area contributed by atoms with Crippen molar-refractivity contribution in [2.75, 3.05) is 13.1 Å². The van der Waals surface area contributed by atoms with Crippen molar-refractivity contribution < 1.29 is 9.18 Å². The van der Waals surface area contributed by atoms with E-state index >= 15 is 0 Å². The Kier molecular flexibility index (Phi) is 5.70. The van der Waals surface area contributed by atoms with Gasteiger partial charge in [-0.2, -0.15) is 5.10 Å². The predicted octanol–water partition coefficient (Wildman–Crippen LogP) is 3.22. The molecule has 0 aliphatic carbocycles. The molecule has 3 heterocycles. The van der Waals surface area contributed by atoms with Gasteiger partial charge in [-0.1, -0.05) is 18.2 Å². The van der Waals surface area contributed by atoms with E-state index in [2.05, 4.69) is 10.2 Å². The summed E-state index contributed by atoms with van der Waals surface area (Å²) in [6.45, 7) is 3.11. The van der Waals surface area contributed by atoms with Crippen LogP contribution in [0.1, 0.15) is 51.8 Å². The molecule has 1 aliphatic rings. The van der Waals surface area contributed by atoms with Gasteiger partial charge in [-0.25, -0.2) is 9.49 Å². The molecule has 2 aromatic heterocycles. The zero-order valence-corrected chi connectivity index (χ0v) is 16.8. The molecule has 7 heteroatoms. The van der Waals surface area contributed by atoms with Crippen LogP contribution in [0.15, 0.2) is 53.3 Å². The van der Waals surface area contributed by atoms with Gasteiger partial charge >= 0.3 is 0 Å². The average molecular weight is 406 g/mol. The molecule has 1 fully saturated rings. The van der Waals surface area contributed by atoms with Crippen LogP contribution in [-0.2, 0) is 6.42 Å². The molecule has 1 aliphatic heterocycles. The van der Waals surface area contributed by atoms with Crippen molar-refractivity contribution in [1.29, 1.82) is 0 Å². The first kappa shape index (κ1) is 19.9. The van der Waals surface area contributed by atoms with Crippen LogP contribution in [0.25, 0.3) is 0 Å². The summed E-state index contributed by atoms with van der Waals surface area (Å²) in [4.78, 5) is 30.4. The van der Waals surface area contributed by atoms with E-state index < -0.39 is 0 Å². The highest BCUT2D eigenvalue weighted by atomic mass is 19.1. The van der Waals surface area contributed by atoms with Gasteiger partial charge in [0.1, 0.15) is 11.5 Å². The van der Waals surface area contributed by atoms with Crippen LogP contribution in [0.5, 0.6) is 0 Å². The van der Waals surface area contributed by atoms with E-state index in [-0.39, 0.29) is 28.9 Å². The minimum atomic E-state index is -0.339. The fourth-order valence-corrected chi connectivity index (χ4v) is 3.97. The number of carbonyl (C=O) groups is 1. The van der Waals surface area contributed by atoms with Crippen molar-refractivity contribution in [2.24, 2.45) is 0 Å². The molecule has 0 saturated carbocycles. The molecule has 1 N–H and O–H groups in total. The molecule has 30 heavy (non-hydrogen) atoms. The molecule has 1 saturated heterocycles. The smallest absolute Gasteiger partial charge is 0.274 e. The number of halogens is 1. The molecule has 0 radical (unpaired) electrons. The minimum absolute atomic E-state index is 0.102. The average Bonchev–Trinajstić information content (AvgIpc) is 2.75. The number of nitrogens with zero attached hydrogens (tertiary/aromatic N) is 3. The Balaban J connectivity index is 1.54. The zero-order chi connectivity index (χ0) is 21.1. The molecule has 1 amide bonds. The number of nitrogens with one attached hydrogen (secondary N) is 1. The van der Waals surface area contributed by atoms with Crippen molar-refractivity contribution in [1.82, 2.24) is 20.1 Å². The maximum absolute atomic E-state index is 14.1. The largest absolute Gasteiger partial charge is 0.337 e. The van der Waals surface area contributed by atoms with E-state index in [1.165, 1.54) is 18.2 Å². The standard InChI is InChI=1S/C23H23FN4O2/c1-15-11-16(12-17-5-2-3-7-19(17)24)13-21(25-15)18-6-4-10-28(14-18)23(30)20-8-9-22(29)27-26-20/h2-3,5,7-9,11,13,18H,4,6,10,12,14H2,1H3,(H,27,29)/t18-/m1/s1. The molecule has 1 atom stereocenters. The Bertz CT molecular complexity index is 1110. The predicted molar refractivity (Wildman–Crippen MR) is 111 cm³/mol. The Hall–Kier alpha value is -3.35. The van der Waals surface area contributed by atoms with E-state index in [9.17, 15) is 14.0 Å². The first-order valence-electron chi connectivity index (χ1n) is 10.1. The molecule has 4 rings (SSSR count). The van der Waals surface area contributed by atoms with Crippen LogP contribution < -0.4 is 5.56 Å². The van der Waals surface area contributed by atoms with Gasteiger partial charge in [0.2, 0.25) is 0 Å². The number of carbonyl (C=O) groups excluding carboxylic acids is 1. The van der Waals surface area contributed by atoms with Gasteiger partial charge in [-0.05, 0) is 55.2 Å². The number of pyridine rings is 1. The van der Waals surface area contributed by atoms with Crippen LogP contribution in [-0.4, -0.2) is 39.1 Å². The minimum Gasteiger partial charge on any atom is -0.337 e. The Morgan fingerprint density at radius 3 is 2.83 bits per heavy atom. The Morgan fingerprint density at radius 2 is 2.07 bits per heavy atom. The van der Waals surface area contributed by atoms with Crippen LogP contribution in [0, 0.1) is 12.7 Å². The highest BCUT2D eigenvalue weighted by molar-refractivity contribution is 5.92. The molecule has 3 aromatic rings. The summed E-state index contributed by atoms with van der Waals surface area (Å²) in [7, 11) is 0. The molecule has 0 unspecified atom stereocenters. The third-order valence-electron chi connectivity index (χ3n) is 5.41. The molecule has 0 spiro atoms. The number of likely N-dealkylation sites (tertiary alicyclic amines) is 1. The number of amides is 1. The van der Waals surface area contributed by atoms with Gasteiger partial charge in [0.05, 0.1) is 0 Å². The second kappa shape index (κ2) is 8.57. The molecule has 6 nitrogen and oxygen atoms in total. The van der Waals surface area contributed by atoms with Gasteiger partial charge in [0.15, 0.2) is 0 Å². The van der Waals surface area contributed by atoms with Crippen LogP contribution in [0.2, 0.25) is 0 Å². The second-order valence-corrected chi connectivity index (χ2v) is 7.71. The first-order chi connectivity index (χ1) is 14.5. The third kappa shape index (κ3) is 4.45. The van der Waals surface area contributed by atoms with Crippen LogP contribution in [0.4, 0.5) is 4.39 Å². The zero-order valence-electron chi connectivity index (χ0n) is 16.8. The van der Waals surface area contributed by atoms with Crippen LogP contribution in [0.3, 0.4) is 0 Å². The summed E-state index contributed by atoms with van der Waals surface area (Å²) in [6.07, 6.45) is 2.29. The topological polar surface area (TPSA) is 79.0 Å². The number of benzene rings is 1. The summed E-state index contributed by atoms with van der Waals surface area (Å²) in [5.41, 5.74) is 3.35. The molecule has 0 bridgehead atoms. The van der Waals surface area contributed by atoms with E-state index in [4.69, 9.17) is 4.98 Å².